The van der Waals surface area contributed by atoms with Crippen LogP contribution in [0.1, 0.15) is 45.3 Å². The van der Waals surface area contributed by atoms with Gasteiger partial charge in [-0.3, -0.25) is 0 Å². The van der Waals surface area contributed by atoms with E-state index in [2.05, 4.69) is 11.6 Å². The van der Waals surface area contributed by atoms with Crippen molar-refractivity contribution in [1.29, 1.82) is 0 Å². The van der Waals surface area contributed by atoms with Crippen LogP contribution in [0.3, 0.4) is 0 Å². The lowest BCUT2D eigenvalue weighted by atomic mass is 10.2. The Labute approximate surface area is 115 Å². The third-order valence-corrected chi connectivity index (χ3v) is 5.14. The lowest BCUT2D eigenvalue weighted by Crippen LogP contribution is -2.28. The van der Waals surface area contributed by atoms with E-state index in [-0.39, 0.29) is 11.5 Å². The molecule has 1 aromatic heterocycles. The Kier molecular flexibility index (Phi) is 3.77. The van der Waals surface area contributed by atoms with Crippen LogP contribution in [-0.2, 0) is 16.6 Å². The second-order valence-corrected chi connectivity index (χ2v) is 7.77. The summed E-state index contributed by atoms with van der Waals surface area (Å²) in [4.78, 5) is 0.311. The zero-order valence-corrected chi connectivity index (χ0v) is 12.6. The third kappa shape index (κ3) is 3.19. The standard InChI is InChI=1S/C13H23N3O2S/c1-10(2)16-8-12(6-11(16)7-14)19(17,18)15-9-13(3)4-5-13/h6,8,10,15H,4-5,7,9,14H2,1-3H3. The lowest BCUT2D eigenvalue weighted by Gasteiger charge is -2.11. The zero-order valence-electron chi connectivity index (χ0n) is 11.8. The minimum absolute atomic E-state index is 0.157. The summed E-state index contributed by atoms with van der Waals surface area (Å²) in [5, 5.41) is 0. The van der Waals surface area contributed by atoms with Crippen LogP contribution >= 0.6 is 0 Å². The summed E-state index contributed by atoms with van der Waals surface area (Å²) >= 11 is 0. The topological polar surface area (TPSA) is 77.1 Å². The molecule has 3 N–H and O–H groups in total. The van der Waals surface area contributed by atoms with Gasteiger partial charge in [-0.1, -0.05) is 6.92 Å². The molecule has 2 rings (SSSR count). The molecule has 19 heavy (non-hydrogen) atoms. The highest BCUT2D eigenvalue weighted by Crippen LogP contribution is 2.44. The molecule has 0 spiro atoms. The van der Waals surface area contributed by atoms with E-state index in [1.807, 2.05) is 18.4 Å². The van der Waals surface area contributed by atoms with Crippen molar-refractivity contribution >= 4 is 10.0 Å². The summed E-state index contributed by atoms with van der Waals surface area (Å²) in [6.45, 7) is 6.97. The molecule has 5 nitrogen and oxygen atoms in total. The third-order valence-electron chi connectivity index (χ3n) is 3.78. The van der Waals surface area contributed by atoms with Gasteiger partial charge in [0.25, 0.3) is 0 Å². The van der Waals surface area contributed by atoms with Crippen LogP contribution in [0.15, 0.2) is 17.2 Å². The molecule has 0 bridgehead atoms. The lowest BCUT2D eigenvalue weighted by molar-refractivity contribution is 0.529. The molecule has 1 heterocycles. The smallest absolute Gasteiger partial charge is 0.242 e. The molecule has 0 radical (unpaired) electrons. The van der Waals surface area contributed by atoms with Crippen LogP contribution in [0.2, 0.25) is 0 Å². The van der Waals surface area contributed by atoms with E-state index < -0.39 is 10.0 Å². The van der Waals surface area contributed by atoms with E-state index in [0.717, 1.165) is 18.5 Å². The highest BCUT2D eigenvalue weighted by Gasteiger charge is 2.38. The van der Waals surface area contributed by atoms with Crippen molar-refractivity contribution in [3.05, 3.63) is 18.0 Å². The normalized spacial score (nSPS) is 17.9. The Morgan fingerprint density at radius 2 is 2.11 bits per heavy atom. The molecule has 6 heteroatoms. The molecular weight excluding hydrogens is 262 g/mol. The number of nitrogens with two attached hydrogens (primary N) is 1. The zero-order chi connectivity index (χ0) is 14.3. The summed E-state index contributed by atoms with van der Waals surface area (Å²) < 4.78 is 29.1. The molecule has 1 aliphatic carbocycles. The first-order valence-corrected chi connectivity index (χ1v) is 8.16. The maximum Gasteiger partial charge on any atom is 0.242 e. The summed E-state index contributed by atoms with van der Waals surface area (Å²) in [7, 11) is -3.43. The first-order valence-electron chi connectivity index (χ1n) is 6.68. The average molecular weight is 285 g/mol. The molecule has 1 aliphatic rings. The molecule has 108 valence electrons. The van der Waals surface area contributed by atoms with Gasteiger partial charge in [0, 0.05) is 31.0 Å². The number of hydrogen-bond donors (Lipinski definition) is 2. The molecular formula is C13H23N3O2S. The maximum absolute atomic E-state index is 12.2. The quantitative estimate of drug-likeness (QED) is 0.833. The molecule has 0 aromatic carbocycles. The Bertz CT molecular complexity index is 556. The fourth-order valence-corrected chi connectivity index (χ4v) is 3.28. The number of aromatic nitrogens is 1. The summed E-state index contributed by atoms with van der Waals surface area (Å²) in [5.74, 6) is 0. The van der Waals surface area contributed by atoms with E-state index >= 15 is 0 Å². The number of sulfonamides is 1. The molecule has 0 unspecified atom stereocenters. The van der Waals surface area contributed by atoms with Crippen LogP contribution in [-0.4, -0.2) is 19.5 Å². The van der Waals surface area contributed by atoms with Gasteiger partial charge < -0.3 is 10.3 Å². The van der Waals surface area contributed by atoms with Crippen molar-refractivity contribution in [2.75, 3.05) is 6.54 Å². The number of nitrogens with zero attached hydrogens (tertiary/aromatic N) is 1. The predicted octanol–water partition coefficient (Wildman–Crippen LogP) is 1.61. The van der Waals surface area contributed by atoms with Crippen molar-refractivity contribution < 1.29 is 8.42 Å². The van der Waals surface area contributed by atoms with Gasteiger partial charge in [0.2, 0.25) is 10.0 Å². The van der Waals surface area contributed by atoms with Crippen molar-refractivity contribution in [2.24, 2.45) is 11.1 Å². The van der Waals surface area contributed by atoms with Gasteiger partial charge in [-0.25, -0.2) is 13.1 Å². The Morgan fingerprint density at radius 1 is 1.47 bits per heavy atom. The van der Waals surface area contributed by atoms with Crippen LogP contribution in [0.5, 0.6) is 0 Å². The fourth-order valence-electron chi connectivity index (χ4n) is 2.03. The maximum atomic E-state index is 12.2. The van der Waals surface area contributed by atoms with Gasteiger partial charge in [0.05, 0.1) is 4.90 Å². The van der Waals surface area contributed by atoms with E-state index in [4.69, 9.17) is 5.73 Å². The van der Waals surface area contributed by atoms with Crippen molar-refractivity contribution in [3.8, 4) is 0 Å². The Morgan fingerprint density at radius 3 is 2.53 bits per heavy atom. The van der Waals surface area contributed by atoms with E-state index in [9.17, 15) is 8.42 Å². The predicted molar refractivity (Wildman–Crippen MR) is 75.2 cm³/mol. The Hall–Kier alpha value is -0.850. The van der Waals surface area contributed by atoms with Gasteiger partial charge in [0.15, 0.2) is 0 Å². The van der Waals surface area contributed by atoms with E-state index in [0.29, 0.717) is 18.0 Å². The molecule has 1 aromatic rings. The van der Waals surface area contributed by atoms with Gasteiger partial charge in [-0.15, -0.1) is 0 Å². The van der Waals surface area contributed by atoms with Crippen LogP contribution in [0.25, 0.3) is 0 Å². The van der Waals surface area contributed by atoms with Gasteiger partial charge in [0.1, 0.15) is 0 Å². The van der Waals surface area contributed by atoms with E-state index in [1.54, 1.807) is 12.3 Å². The van der Waals surface area contributed by atoms with Crippen LogP contribution in [0.4, 0.5) is 0 Å². The summed E-state index contributed by atoms with van der Waals surface area (Å²) in [5.41, 5.74) is 6.66. The van der Waals surface area contributed by atoms with Crippen molar-refractivity contribution in [1.82, 2.24) is 9.29 Å². The van der Waals surface area contributed by atoms with Crippen LogP contribution < -0.4 is 10.5 Å². The number of rotatable bonds is 6. The van der Waals surface area contributed by atoms with Gasteiger partial charge in [-0.05, 0) is 38.2 Å². The van der Waals surface area contributed by atoms with Gasteiger partial charge in [-0.2, -0.15) is 0 Å². The first-order chi connectivity index (χ1) is 8.77. The fraction of sp³-hybridized carbons (Fsp3) is 0.692. The highest BCUT2D eigenvalue weighted by atomic mass is 32.2. The summed E-state index contributed by atoms with van der Waals surface area (Å²) in [6, 6.07) is 1.86. The van der Waals surface area contributed by atoms with Crippen LogP contribution in [0, 0.1) is 5.41 Å². The minimum Gasteiger partial charge on any atom is -0.346 e. The van der Waals surface area contributed by atoms with E-state index in [1.165, 1.54) is 0 Å². The highest BCUT2D eigenvalue weighted by molar-refractivity contribution is 7.89. The largest absolute Gasteiger partial charge is 0.346 e. The number of hydrogen-bond acceptors (Lipinski definition) is 3. The minimum atomic E-state index is -3.43. The molecule has 0 aliphatic heterocycles. The molecule has 1 saturated carbocycles. The average Bonchev–Trinajstić information content (AvgIpc) is 2.92. The summed E-state index contributed by atoms with van der Waals surface area (Å²) in [6.07, 6.45) is 3.86. The van der Waals surface area contributed by atoms with Crippen molar-refractivity contribution in [2.45, 2.75) is 51.1 Å². The molecule has 0 amide bonds. The molecule has 0 saturated heterocycles. The molecule has 0 atom stereocenters. The Balaban J connectivity index is 2.20. The first kappa shape index (κ1) is 14.6. The van der Waals surface area contributed by atoms with Gasteiger partial charge >= 0.3 is 0 Å². The monoisotopic (exact) mass is 285 g/mol. The molecule has 1 fully saturated rings. The van der Waals surface area contributed by atoms with Crippen molar-refractivity contribution in [3.63, 3.8) is 0 Å². The SMILES string of the molecule is CC(C)n1cc(S(=O)(=O)NCC2(C)CC2)cc1CN. The second kappa shape index (κ2) is 4.92. The number of nitrogens with one attached hydrogen (secondary N) is 1. The second-order valence-electron chi connectivity index (χ2n) is 6.01.